The molecule has 3 nitrogen and oxygen atoms in total. The van der Waals surface area contributed by atoms with Gasteiger partial charge in [0.25, 0.3) is 0 Å². The lowest BCUT2D eigenvalue weighted by Gasteiger charge is -2.07. The number of hydrogen-bond donors (Lipinski definition) is 1. The van der Waals surface area contributed by atoms with E-state index in [2.05, 4.69) is 11.7 Å². The smallest absolute Gasteiger partial charge is 0.0978 e. The standard InChI is InChI=1S/C17H22N2O/c1-2-3-4-5-9-12-17(20)16-13-14-19(18-16)15-10-7-6-8-11-15/h2,6-8,10-11,13-14,17,20H,1,3-5,9,12H2. The highest BCUT2D eigenvalue weighted by Gasteiger charge is 2.11. The molecule has 1 N–H and O–H groups in total. The molecule has 0 radical (unpaired) electrons. The minimum atomic E-state index is -0.469. The van der Waals surface area contributed by atoms with Crippen LogP contribution in [0.4, 0.5) is 0 Å². The van der Waals surface area contributed by atoms with Crippen molar-refractivity contribution in [2.45, 2.75) is 38.2 Å². The number of benzene rings is 1. The molecular weight excluding hydrogens is 248 g/mol. The maximum atomic E-state index is 10.1. The van der Waals surface area contributed by atoms with Gasteiger partial charge in [-0.15, -0.1) is 6.58 Å². The molecule has 3 heteroatoms. The summed E-state index contributed by atoms with van der Waals surface area (Å²) < 4.78 is 1.80. The number of aliphatic hydroxyl groups is 1. The number of hydrogen-bond acceptors (Lipinski definition) is 2. The van der Waals surface area contributed by atoms with Crippen LogP contribution < -0.4 is 0 Å². The average molecular weight is 270 g/mol. The minimum Gasteiger partial charge on any atom is -0.387 e. The topological polar surface area (TPSA) is 38.0 Å². The molecule has 0 aliphatic rings. The molecule has 0 aliphatic carbocycles. The minimum absolute atomic E-state index is 0.469. The highest BCUT2D eigenvalue weighted by atomic mass is 16.3. The molecule has 2 aromatic rings. The fourth-order valence-electron chi connectivity index (χ4n) is 2.19. The summed E-state index contributed by atoms with van der Waals surface area (Å²) in [5.74, 6) is 0. The zero-order valence-electron chi connectivity index (χ0n) is 11.8. The van der Waals surface area contributed by atoms with Crippen molar-refractivity contribution in [2.24, 2.45) is 0 Å². The molecule has 0 aliphatic heterocycles. The molecule has 2 rings (SSSR count). The third kappa shape index (κ3) is 4.07. The van der Waals surface area contributed by atoms with Crippen molar-refractivity contribution in [3.8, 4) is 5.69 Å². The second-order valence-electron chi connectivity index (χ2n) is 4.96. The molecule has 0 fully saturated rings. The summed E-state index contributed by atoms with van der Waals surface area (Å²) in [6.45, 7) is 3.71. The van der Waals surface area contributed by atoms with Gasteiger partial charge in [0.2, 0.25) is 0 Å². The molecule has 1 heterocycles. The van der Waals surface area contributed by atoms with Gasteiger partial charge in [-0.05, 0) is 37.5 Å². The van der Waals surface area contributed by atoms with Gasteiger partial charge in [-0.3, -0.25) is 0 Å². The second-order valence-corrected chi connectivity index (χ2v) is 4.96. The largest absolute Gasteiger partial charge is 0.387 e. The fourth-order valence-corrected chi connectivity index (χ4v) is 2.19. The normalized spacial score (nSPS) is 12.2. The Bertz CT molecular complexity index is 519. The summed E-state index contributed by atoms with van der Waals surface area (Å²) in [6.07, 6.45) is 8.49. The maximum Gasteiger partial charge on any atom is 0.0978 e. The van der Waals surface area contributed by atoms with Crippen LogP contribution in [-0.2, 0) is 0 Å². The molecule has 0 spiro atoms. The van der Waals surface area contributed by atoms with Gasteiger partial charge in [0.15, 0.2) is 0 Å². The molecule has 0 bridgehead atoms. The zero-order valence-corrected chi connectivity index (χ0v) is 11.8. The lowest BCUT2D eigenvalue weighted by molar-refractivity contribution is 0.158. The highest BCUT2D eigenvalue weighted by Crippen LogP contribution is 2.19. The third-order valence-electron chi connectivity index (χ3n) is 3.36. The van der Waals surface area contributed by atoms with E-state index in [1.807, 2.05) is 48.7 Å². The van der Waals surface area contributed by atoms with Gasteiger partial charge >= 0.3 is 0 Å². The fraction of sp³-hybridized carbons (Fsp3) is 0.353. The van der Waals surface area contributed by atoms with Gasteiger partial charge in [-0.2, -0.15) is 5.10 Å². The van der Waals surface area contributed by atoms with Crippen LogP contribution in [0.3, 0.4) is 0 Å². The summed E-state index contributed by atoms with van der Waals surface area (Å²) >= 11 is 0. The maximum absolute atomic E-state index is 10.1. The SMILES string of the molecule is C=CCCCCCC(O)c1ccn(-c2ccccc2)n1. The zero-order chi connectivity index (χ0) is 14.2. The first-order valence-corrected chi connectivity index (χ1v) is 7.21. The van der Waals surface area contributed by atoms with Crippen LogP contribution in [0.1, 0.15) is 43.9 Å². The number of rotatable bonds is 8. The van der Waals surface area contributed by atoms with Crippen molar-refractivity contribution in [3.05, 3.63) is 60.9 Å². The van der Waals surface area contributed by atoms with Crippen LogP contribution in [-0.4, -0.2) is 14.9 Å². The molecule has 20 heavy (non-hydrogen) atoms. The van der Waals surface area contributed by atoms with E-state index in [9.17, 15) is 5.11 Å². The molecule has 1 aromatic carbocycles. The lowest BCUT2D eigenvalue weighted by Crippen LogP contribution is -2.01. The number of aromatic nitrogens is 2. The first-order valence-electron chi connectivity index (χ1n) is 7.21. The molecule has 106 valence electrons. The van der Waals surface area contributed by atoms with E-state index in [1.165, 1.54) is 0 Å². The van der Waals surface area contributed by atoms with Crippen molar-refractivity contribution in [1.82, 2.24) is 9.78 Å². The Kier molecular flexibility index (Phi) is 5.56. The Morgan fingerprint density at radius 3 is 2.70 bits per heavy atom. The van der Waals surface area contributed by atoms with Gasteiger partial charge in [-0.1, -0.05) is 37.1 Å². The van der Waals surface area contributed by atoms with E-state index < -0.39 is 6.10 Å². The number of aliphatic hydroxyl groups excluding tert-OH is 1. The number of allylic oxidation sites excluding steroid dienone is 1. The van der Waals surface area contributed by atoms with Gasteiger partial charge in [0.1, 0.15) is 0 Å². The van der Waals surface area contributed by atoms with E-state index in [1.54, 1.807) is 4.68 Å². The van der Waals surface area contributed by atoms with Crippen LogP contribution in [0.25, 0.3) is 5.69 Å². The lowest BCUT2D eigenvalue weighted by atomic mass is 10.1. The second kappa shape index (κ2) is 7.65. The molecular formula is C17H22N2O. The third-order valence-corrected chi connectivity index (χ3v) is 3.36. The first-order chi connectivity index (χ1) is 9.81. The van der Waals surface area contributed by atoms with Crippen LogP contribution in [0.5, 0.6) is 0 Å². The Balaban J connectivity index is 1.87. The van der Waals surface area contributed by atoms with Crippen LogP contribution in [0.15, 0.2) is 55.3 Å². The van der Waals surface area contributed by atoms with Crippen molar-refractivity contribution in [2.75, 3.05) is 0 Å². The van der Waals surface area contributed by atoms with Crippen molar-refractivity contribution < 1.29 is 5.11 Å². The molecule has 1 atom stereocenters. The Labute approximate surface area is 120 Å². The van der Waals surface area contributed by atoms with E-state index in [4.69, 9.17) is 0 Å². The summed E-state index contributed by atoms with van der Waals surface area (Å²) in [4.78, 5) is 0. The van der Waals surface area contributed by atoms with Gasteiger partial charge < -0.3 is 5.11 Å². The highest BCUT2D eigenvalue weighted by molar-refractivity contribution is 5.30. The van der Waals surface area contributed by atoms with E-state index >= 15 is 0 Å². The van der Waals surface area contributed by atoms with Crippen LogP contribution in [0, 0.1) is 0 Å². The number of para-hydroxylation sites is 1. The quantitative estimate of drug-likeness (QED) is 0.580. The summed E-state index contributed by atoms with van der Waals surface area (Å²) in [5.41, 5.74) is 1.76. The van der Waals surface area contributed by atoms with E-state index in [-0.39, 0.29) is 0 Å². The Morgan fingerprint density at radius 1 is 1.15 bits per heavy atom. The molecule has 1 unspecified atom stereocenters. The van der Waals surface area contributed by atoms with Crippen molar-refractivity contribution >= 4 is 0 Å². The Hall–Kier alpha value is -1.87. The monoisotopic (exact) mass is 270 g/mol. The Morgan fingerprint density at radius 2 is 1.95 bits per heavy atom. The van der Waals surface area contributed by atoms with E-state index in [0.717, 1.165) is 43.5 Å². The number of unbranched alkanes of at least 4 members (excludes halogenated alkanes) is 3. The molecule has 0 amide bonds. The molecule has 0 saturated carbocycles. The van der Waals surface area contributed by atoms with Crippen molar-refractivity contribution in [3.63, 3.8) is 0 Å². The van der Waals surface area contributed by atoms with Gasteiger partial charge in [0.05, 0.1) is 17.5 Å². The summed E-state index contributed by atoms with van der Waals surface area (Å²) in [7, 11) is 0. The van der Waals surface area contributed by atoms with Crippen LogP contribution in [0.2, 0.25) is 0 Å². The first kappa shape index (κ1) is 14.5. The molecule has 1 aromatic heterocycles. The average Bonchev–Trinajstić information content (AvgIpc) is 2.98. The summed E-state index contributed by atoms with van der Waals surface area (Å²) in [6, 6.07) is 11.8. The molecule has 0 saturated heterocycles. The van der Waals surface area contributed by atoms with Crippen LogP contribution >= 0.6 is 0 Å². The summed E-state index contributed by atoms with van der Waals surface area (Å²) in [5, 5.41) is 14.6. The number of nitrogens with zero attached hydrogens (tertiary/aromatic N) is 2. The predicted molar refractivity (Wildman–Crippen MR) is 81.8 cm³/mol. The predicted octanol–water partition coefficient (Wildman–Crippen LogP) is 4.04. The van der Waals surface area contributed by atoms with Gasteiger partial charge in [-0.25, -0.2) is 4.68 Å². The van der Waals surface area contributed by atoms with E-state index in [0.29, 0.717) is 0 Å². The van der Waals surface area contributed by atoms with Crippen molar-refractivity contribution in [1.29, 1.82) is 0 Å². The van der Waals surface area contributed by atoms with Gasteiger partial charge in [0, 0.05) is 6.20 Å².